The minimum Gasteiger partial charge on any atom is -0.480 e. The molecule has 3 heterocycles. The minimum absolute atomic E-state index is 0.0437. The molecule has 1 amide bonds. The first kappa shape index (κ1) is 52.1. The maximum Gasteiger partial charge on any atom is 0.326 e. The van der Waals surface area contributed by atoms with Gasteiger partial charge in [-0.1, -0.05) is 95.4 Å². The van der Waals surface area contributed by atoms with Crippen molar-refractivity contribution in [1.82, 2.24) is 4.90 Å². The largest absolute Gasteiger partial charge is 0.480 e. The topological polar surface area (TPSA) is 188 Å². The van der Waals surface area contributed by atoms with Crippen molar-refractivity contribution in [2.24, 2.45) is 41.4 Å². The Hall–Kier alpha value is -3.29. The summed E-state index contributed by atoms with van der Waals surface area (Å²) in [7, 11) is 3.11. The molecule has 1 saturated heterocycles. The van der Waals surface area contributed by atoms with E-state index in [0.29, 0.717) is 43.6 Å². The number of carbonyl (C=O) groups excluding carboxylic acids is 4. The zero-order valence-corrected chi connectivity index (χ0v) is 38.2. The van der Waals surface area contributed by atoms with Crippen molar-refractivity contribution in [3.63, 3.8) is 0 Å². The molecule has 4 aliphatic rings. The van der Waals surface area contributed by atoms with Crippen molar-refractivity contribution < 1.29 is 53.9 Å². The summed E-state index contributed by atoms with van der Waals surface area (Å²) in [6.45, 7) is 10.8. The number of ketones is 3. The van der Waals surface area contributed by atoms with Crippen molar-refractivity contribution in [3.8, 4) is 0 Å². The molecular weight excluding hydrogens is 779 g/mol. The number of Topliss-reactive ketones (excluding diaryl/α,β-unsaturated/α-hetero) is 3. The average molecular weight is 856 g/mol. The Morgan fingerprint density at radius 1 is 0.836 bits per heavy atom. The second-order valence-electron chi connectivity index (χ2n) is 18.7. The third kappa shape index (κ3) is 15.5. The molecule has 12 heteroatoms. The SMILES string of the molecule is CO[C@H]1CCC[C@@H](CC2CCC(=O)[C@H](C)/C=C(\C)[C@@H](O)[C@@H](OC)C(=O)[C@H](C)C[C@H](C)/C=C/C=C/C=C(\C)CCCCC[C@@H](C)C(O)(O)C(=O)C(=O)N3CC[C@H]2C[C@H]3C(=O)O)C1. The maximum absolute atomic E-state index is 13.8. The van der Waals surface area contributed by atoms with Gasteiger partial charge < -0.3 is 34.8 Å². The monoisotopic (exact) mass is 856 g/mol. The highest BCUT2D eigenvalue weighted by Gasteiger charge is 2.48. The number of aliphatic hydroxyl groups excluding tert-OH is 1. The van der Waals surface area contributed by atoms with Gasteiger partial charge in [-0.25, -0.2) is 4.79 Å². The number of hydrogen-bond donors (Lipinski definition) is 4. The van der Waals surface area contributed by atoms with Crippen LogP contribution in [0.3, 0.4) is 0 Å². The fourth-order valence-corrected chi connectivity index (χ4v) is 9.72. The summed E-state index contributed by atoms with van der Waals surface area (Å²) in [6, 6.07) is -1.35. The standard InChI is InChI=1S/C49H77NO11/c1-31-16-11-9-13-18-32(2)26-34(4)43(52)45(61-8)44(53)35(5)27-33(3)42(51)23-22-38(28-37-20-15-21-40(29-37)60-7)39-24-25-50(41(30-39)48(56)57)47(55)46(54)49(58,59)36(6)19-14-10-12-17-31/h9,11,13,16,18,27,32-34,36-41,44-45,53,58-59H,10,12,14-15,17,19-26,28-30H2,1-8H3,(H,56,57)/b11-9+,18-13+,31-16+,35-27+/t32-,33-,34-,36-,37+,38?,39+,40+,41+,44-,45+/m1/s1. The summed E-state index contributed by atoms with van der Waals surface area (Å²) in [5.74, 6) is -8.85. The zero-order chi connectivity index (χ0) is 45.4. The molecule has 12 nitrogen and oxygen atoms in total. The second kappa shape index (κ2) is 25.1. The average Bonchev–Trinajstić information content (AvgIpc) is 3.23. The van der Waals surface area contributed by atoms with Gasteiger partial charge in [0.05, 0.1) is 6.10 Å². The Labute approximate surface area is 364 Å². The van der Waals surface area contributed by atoms with Crippen LogP contribution in [0.2, 0.25) is 0 Å². The maximum atomic E-state index is 13.8. The van der Waals surface area contributed by atoms with E-state index in [0.717, 1.165) is 56.3 Å². The van der Waals surface area contributed by atoms with Gasteiger partial charge in [0.2, 0.25) is 5.79 Å². The number of hydrogen-bond acceptors (Lipinski definition) is 10. The van der Waals surface area contributed by atoms with E-state index < -0.39 is 53.5 Å². The first-order valence-electron chi connectivity index (χ1n) is 22.8. The van der Waals surface area contributed by atoms with Crippen LogP contribution in [0.1, 0.15) is 138 Å². The van der Waals surface area contributed by atoms with Crippen LogP contribution in [0, 0.1) is 41.4 Å². The van der Waals surface area contributed by atoms with E-state index in [1.807, 2.05) is 51.2 Å². The Morgan fingerprint density at radius 3 is 2.23 bits per heavy atom. The van der Waals surface area contributed by atoms with Gasteiger partial charge >= 0.3 is 5.97 Å². The van der Waals surface area contributed by atoms with Crippen molar-refractivity contribution >= 4 is 29.2 Å². The van der Waals surface area contributed by atoms with Crippen LogP contribution in [0.15, 0.2) is 47.6 Å². The molecule has 0 aromatic heterocycles. The highest BCUT2D eigenvalue weighted by atomic mass is 16.5. The fraction of sp³-hybridized carbons (Fsp3) is 0.735. The summed E-state index contributed by atoms with van der Waals surface area (Å²) >= 11 is 0. The van der Waals surface area contributed by atoms with Gasteiger partial charge in [0.15, 0.2) is 5.78 Å². The van der Waals surface area contributed by atoms with Gasteiger partial charge in [0.25, 0.3) is 11.7 Å². The van der Waals surface area contributed by atoms with Crippen molar-refractivity contribution in [3.05, 3.63) is 47.6 Å². The van der Waals surface area contributed by atoms with E-state index in [-0.39, 0.29) is 60.7 Å². The lowest BCUT2D eigenvalue weighted by molar-refractivity contribution is -0.205. The van der Waals surface area contributed by atoms with E-state index in [2.05, 4.69) is 0 Å². The summed E-state index contributed by atoms with van der Waals surface area (Å²) in [4.78, 5) is 68.2. The number of carboxylic acid groups (broad SMARTS) is 1. The van der Waals surface area contributed by atoms with E-state index in [4.69, 9.17) is 9.47 Å². The molecule has 1 saturated carbocycles. The minimum atomic E-state index is -2.94. The van der Waals surface area contributed by atoms with Crippen LogP contribution in [0.25, 0.3) is 0 Å². The van der Waals surface area contributed by atoms with Gasteiger partial charge in [-0.15, -0.1) is 0 Å². The molecule has 4 rings (SSSR count). The molecule has 0 aromatic rings. The lowest BCUT2D eigenvalue weighted by Crippen LogP contribution is -2.58. The Morgan fingerprint density at radius 2 is 1.56 bits per heavy atom. The number of aliphatic carboxylic acids is 1. The molecule has 0 radical (unpaired) electrons. The second-order valence-corrected chi connectivity index (χ2v) is 18.7. The molecular formula is C49H77NO11. The molecule has 4 N–H and O–H groups in total. The van der Waals surface area contributed by atoms with Crippen LogP contribution < -0.4 is 0 Å². The molecule has 344 valence electrons. The number of carboxylic acids is 1. The van der Waals surface area contributed by atoms with Crippen molar-refractivity contribution in [2.75, 3.05) is 20.8 Å². The van der Waals surface area contributed by atoms with Crippen LogP contribution in [-0.4, -0.2) is 105 Å². The predicted molar refractivity (Wildman–Crippen MR) is 235 cm³/mol. The highest BCUT2D eigenvalue weighted by Crippen LogP contribution is 2.40. The molecule has 1 aliphatic carbocycles. The van der Waals surface area contributed by atoms with Crippen molar-refractivity contribution in [2.45, 2.75) is 168 Å². The molecule has 61 heavy (non-hydrogen) atoms. The third-order valence-corrected chi connectivity index (χ3v) is 13.8. The predicted octanol–water partition coefficient (Wildman–Crippen LogP) is 7.34. The van der Waals surface area contributed by atoms with E-state index in [1.165, 1.54) is 19.6 Å². The number of fused-ring (bicyclic) bond motifs is 25. The summed E-state index contributed by atoms with van der Waals surface area (Å²) in [6.07, 6.45) is 19.0. The number of methoxy groups -OCH3 is 2. The molecule has 11 atom stereocenters. The smallest absolute Gasteiger partial charge is 0.326 e. The number of piperidine rings is 1. The van der Waals surface area contributed by atoms with Crippen molar-refractivity contribution in [1.29, 1.82) is 0 Å². The molecule has 3 aliphatic heterocycles. The molecule has 2 fully saturated rings. The van der Waals surface area contributed by atoms with Crippen LogP contribution >= 0.6 is 0 Å². The number of carbonyl (C=O) groups is 5. The van der Waals surface area contributed by atoms with E-state index >= 15 is 0 Å². The molecule has 0 aromatic carbocycles. The Bertz CT molecular complexity index is 1600. The number of allylic oxidation sites excluding steroid dienone is 7. The third-order valence-electron chi connectivity index (χ3n) is 13.8. The van der Waals surface area contributed by atoms with Gasteiger partial charge in [-0.3, -0.25) is 19.2 Å². The number of nitrogens with zero attached hydrogens (tertiary/aromatic N) is 1. The molecule has 2 bridgehead atoms. The highest BCUT2D eigenvalue weighted by molar-refractivity contribution is 6.39. The zero-order valence-electron chi connectivity index (χ0n) is 38.2. The van der Waals surface area contributed by atoms with E-state index in [1.54, 1.807) is 27.0 Å². The van der Waals surface area contributed by atoms with E-state index in [9.17, 15) is 44.4 Å². The van der Waals surface area contributed by atoms with Gasteiger partial charge in [-0.2, -0.15) is 0 Å². The summed E-state index contributed by atoms with van der Waals surface area (Å²) < 4.78 is 11.3. The molecule has 0 spiro atoms. The van der Waals surface area contributed by atoms with Gasteiger partial charge in [0.1, 0.15) is 24.0 Å². The van der Waals surface area contributed by atoms with Crippen LogP contribution in [-0.2, 0) is 33.4 Å². The number of amides is 1. The summed E-state index contributed by atoms with van der Waals surface area (Å²) in [5.41, 5.74) is 1.63. The van der Waals surface area contributed by atoms with Gasteiger partial charge in [0, 0.05) is 44.9 Å². The van der Waals surface area contributed by atoms with Gasteiger partial charge in [-0.05, 0) is 107 Å². The first-order valence-corrected chi connectivity index (χ1v) is 22.8. The normalized spacial score (nSPS) is 37.0. The van der Waals surface area contributed by atoms with Crippen LogP contribution in [0.4, 0.5) is 0 Å². The molecule has 1 unspecified atom stereocenters. The first-order chi connectivity index (χ1) is 28.8. The van der Waals surface area contributed by atoms with Crippen LogP contribution in [0.5, 0.6) is 0 Å². The Kier molecular flexibility index (Phi) is 21.4. The Balaban J connectivity index is 1.91. The number of rotatable bonds is 5. The summed E-state index contributed by atoms with van der Waals surface area (Å²) in [5, 5.41) is 43.7. The lowest BCUT2D eigenvalue weighted by atomic mass is 9.71. The lowest BCUT2D eigenvalue weighted by Gasteiger charge is -2.42. The number of ether oxygens (including phenoxy) is 2. The number of aliphatic hydroxyl groups is 3. The quantitative estimate of drug-likeness (QED) is 0.123. The fourth-order valence-electron chi connectivity index (χ4n) is 9.72.